The maximum atomic E-state index is 9.39. The van der Waals surface area contributed by atoms with Crippen molar-refractivity contribution in [3.05, 3.63) is 176 Å². The van der Waals surface area contributed by atoms with Crippen molar-refractivity contribution in [3.63, 3.8) is 0 Å². The average molecular weight is 634 g/mol. The minimum atomic E-state index is -0.329. The van der Waals surface area contributed by atoms with Crippen molar-refractivity contribution in [2.45, 2.75) is 0 Å². The fraction of sp³-hybridized carbons (Fsp3) is 0. The van der Waals surface area contributed by atoms with Crippen LogP contribution < -0.4 is 0 Å². The molecule has 2 heterocycles. The van der Waals surface area contributed by atoms with E-state index in [9.17, 15) is 5.48 Å². The molecule has 0 saturated heterocycles. The second kappa shape index (κ2) is 12.2. The fourth-order valence-corrected chi connectivity index (χ4v) is 5.91. The molecule has 230 valence electrons. The van der Waals surface area contributed by atoms with E-state index in [0.29, 0.717) is 28.3 Å². The number of furan rings is 1. The van der Waals surface area contributed by atoms with Crippen LogP contribution >= 0.6 is 0 Å². The lowest BCUT2D eigenvalue weighted by Gasteiger charge is -2.09. The van der Waals surface area contributed by atoms with Gasteiger partial charge in [0.15, 0.2) is 17.5 Å². The molecule has 0 saturated carbocycles. The molecule has 0 radical (unpaired) electrons. The van der Waals surface area contributed by atoms with E-state index >= 15 is 0 Å². The lowest BCUT2D eigenvalue weighted by atomic mass is 9.98. The molecule has 0 atom stereocenters. The van der Waals surface area contributed by atoms with Gasteiger partial charge >= 0.3 is 0 Å². The van der Waals surface area contributed by atoms with Crippen molar-refractivity contribution in [2.75, 3.05) is 0 Å². The monoisotopic (exact) mass is 633 g/mol. The first-order chi connectivity index (χ1) is 26.8. The van der Waals surface area contributed by atoms with E-state index in [0.717, 1.165) is 22.3 Å². The van der Waals surface area contributed by atoms with Crippen molar-refractivity contribution in [3.8, 4) is 67.5 Å². The number of hydrogen-bond acceptors (Lipinski definition) is 4. The number of rotatable bonds is 6. The van der Waals surface area contributed by atoms with Crippen LogP contribution in [0.2, 0.25) is 0 Å². The Morgan fingerprint density at radius 2 is 0.816 bits per heavy atom. The summed E-state index contributed by atoms with van der Waals surface area (Å²) in [4.78, 5) is 14.3. The summed E-state index contributed by atoms with van der Waals surface area (Å²) in [5.41, 5.74) is 5.86. The minimum absolute atomic E-state index is 0.0126. The number of fused-ring (bicyclic) bond motifs is 3. The summed E-state index contributed by atoms with van der Waals surface area (Å²) in [5.74, 6) is 0.658. The smallest absolute Gasteiger partial charge is 0.164 e. The molecule has 0 bridgehead atoms. The van der Waals surface area contributed by atoms with E-state index in [1.807, 2.05) is 133 Å². The Hall–Kier alpha value is -6.65. The van der Waals surface area contributed by atoms with Crippen molar-refractivity contribution in [1.82, 2.24) is 15.0 Å². The summed E-state index contributed by atoms with van der Waals surface area (Å²) in [6, 6.07) is 42.8. The van der Waals surface area contributed by atoms with E-state index in [1.165, 1.54) is 0 Å². The first kappa shape index (κ1) is 22.8. The molecular formula is C45H29N3O. The van der Waals surface area contributed by atoms with Crippen molar-refractivity contribution >= 4 is 21.9 Å². The third-order valence-electron chi connectivity index (χ3n) is 8.41. The first-order valence-electron chi connectivity index (χ1n) is 18.9. The maximum Gasteiger partial charge on any atom is 0.164 e. The Balaban J connectivity index is 1.24. The Labute approximate surface area is 292 Å². The Morgan fingerprint density at radius 1 is 0.347 bits per heavy atom. The predicted molar refractivity (Wildman–Crippen MR) is 200 cm³/mol. The van der Waals surface area contributed by atoms with Gasteiger partial charge in [-0.1, -0.05) is 146 Å². The van der Waals surface area contributed by atoms with Gasteiger partial charge < -0.3 is 4.42 Å². The van der Waals surface area contributed by atoms with Crippen LogP contribution in [0.5, 0.6) is 0 Å². The van der Waals surface area contributed by atoms with Gasteiger partial charge in [-0.25, -0.2) is 15.0 Å². The molecule has 4 heteroatoms. The molecule has 2 aromatic heterocycles. The average Bonchev–Trinajstić information content (AvgIpc) is 3.65. The second-order valence-corrected chi connectivity index (χ2v) is 11.6. The van der Waals surface area contributed by atoms with E-state index < -0.39 is 0 Å². The highest BCUT2D eigenvalue weighted by molar-refractivity contribution is 6.07. The minimum Gasteiger partial charge on any atom is -0.456 e. The van der Waals surface area contributed by atoms with Gasteiger partial charge in [-0.2, -0.15) is 0 Å². The largest absolute Gasteiger partial charge is 0.456 e. The molecule has 9 rings (SSSR count). The summed E-state index contributed by atoms with van der Waals surface area (Å²) in [6.07, 6.45) is 0. The molecule has 0 aliphatic carbocycles. The van der Waals surface area contributed by atoms with Gasteiger partial charge in [0.2, 0.25) is 0 Å². The molecule has 0 unspecified atom stereocenters. The highest BCUT2D eigenvalue weighted by Crippen LogP contribution is 2.36. The van der Waals surface area contributed by atoms with E-state index in [1.54, 1.807) is 6.07 Å². The number of benzene rings is 7. The SMILES string of the molecule is [2H]c1c(-c2cccc(-c3ccccc3)c2)c([2H])c2c(oc3c([2H])c(-c4nc(-c5ccccc5)nc(-c5ccc(-c6ccccc6)cc5)n4)c([2H])c([2H])c32)c1[2H]. The highest BCUT2D eigenvalue weighted by Gasteiger charge is 2.15. The zero-order valence-electron chi connectivity index (χ0n) is 32.0. The van der Waals surface area contributed by atoms with Crippen molar-refractivity contribution in [1.29, 1.82) is 0 Å². The standard InChI is InChI=1S/C45H29N3O/c1-4-11-30(12-5-1)32-19-21-34(22-20-32)44-46-43(33-15-8-3-9-16-33)47-45(48-44)38-23-25-39-40-28-37(24-26-41(40)49-42(39)29-38)36-18-10-17-35(27-36)31-13-6-2-7-14-31/h1-29H/i23D,24D,25D,26D,28D,29D. The molecule has 0 spiro atoms. The van der Waals surface area contributed by atoms with E-state index in [2.05, 4.69) is 0 Å². The third-order valence-corrected chi connectivity index (χ3v) is 8.41. The zero-order chi connectivity index (χ0) is 37.8. The molecule has 0 amide bonds. The van der Waals surface area contributed by atoms with Crippen LogP contribution in [0.3, 0.4) is 0 Å². The molecular weight excluding hydrogens is 599 g/mol. The summed E-state index contributed by atoms with van der Waals surface area (Å²) < 4.78 is 61.4. The van der Waals surface area contributed by atoms with Gasteiger partial charge in [-0.15, -0.1) is 0 Å². The third kappa shape index (κ3) is 5.56. The Kier molecular flexibility index (Phi) is 5.67. The number of hydrogen-bond donors (Lipinski definition) is 0. The second-order valence-electron chi connectivity index (χ2n) is 11.6. The summed E-state index contributed by atoms with van der Waals surface area (Å²) in [5, 5.41) is 0.163. The van der Waals surface area contributed by atoms with Gasteiger partial charge in [0, 0.05) is 27.5 Å². The molecule has 7 aromatic carbocycles. The van der Waals surface area contributed by atoms with Crippen LogP contribution in [0, 0.1) is 0 Å². The van der Waals surface area contributed by atoms with Gasteiger partial charge in [-0.05, 0) is 63.6 Å². The first-order valence-corrected chi connectivity index (χ1v) is 15.9. The molecule has 4 nitrogen and oxygen atoms in total. The number of nitrogens with zero attached hydrogens (tertiary/aromatic N) is 3. The van der Waals surface area contributed by atoms with Crippen molar-refractivity contribution < 1.29 is 12.6 Å². The quantitative estimate of drug-likeness (QED) is 0.183. The molecule has 49 heavy (non-hydrogen) atoms. The Bertz CT molecular complexity index is 2920. The van der Waals surface area contributed by atoms with Gasteiger partial charge in [0.25, 0.3) is 0 Å². The van der Waals surface area contributed by atoms with Crippen LogP contribution in [-0.4, -0.2) is 15.0 Å². The molecule has 0 aliphatic rings. The molecule has 0 aliphatic heterocycles. The van der Waals surface area contributed by atoms with Gasteiger partial charge in [0.05, 0.1) is 8.22 Å². The Morgan fingerprint density at radius 3 is 1.47 bits per heavy atom. The van der Waals surface area contributed by atoms with Crippen LogP contribution in [0.1, 0.15) is 8.22 Å². The number of aromatic nitrogens is 3. The maximum absolute atomic E-state index is 9.39. The summed E-state index contributed by atoms with van der Waals surface area (Å²) in [6.45, 7) is 0. The molecule has 9 aromatic rings. The zero-order valence-corrected chi connectivity index (χ0v) is 26.0. The van der Waals surface area contributed by atoms with Gasteiger partial charge in [-0.3, -0.25) is 0 Å². The van der Waals surface area contributed by atoms with Crippen LogP contribution in [0.25, 0.3) is 89.5 Å². The van der Waals surface area contributed by atoms with Crippen LogP contribution in [0.4, 0.5) is 0 Å². The van der Waals surface area contributed by atoms with E-state index in [-0.39, 0.29) is 75.1 Å². The van der Waals surface area contributed by atoms with Crippen LogP contribution in [0.15, 0.2) is 180 Å². The normalized spacial score (nSPS) is 13.0. The molecule has 0 N–H and O–H groups in total. The summed E-state index contributed by atoms with van der Waals surface area (Å²) >= 11 is 0. The van der Waals surface area contributed by atoms with Crippen LogP contribution in [-0.2, 0) is 0 Å². The van der Waals surface area contributed by atoms with Gasteiger partial charge in [0.1, 0.15) is 11.2 Å². The fourth-order valence-electron chi connectivity index (χ4n) is 5.91. The lowest BCUT2D eigenvalue weighted by Crippen LogP contribution is -2.00. The van der Waals surface area contributed by atoms with Crippen molar-refractivity contribution in [2.24, 2.45) is 0 Å². The lowest BCUT2D eigenvalue weighted by molar-refractivity contribution is 0.669. The summed E-state index contributed by atoms with van der Waals surface area (Å²) in [7, 11) is 0. The molecule has 0 fully saturated rings. The topological polar surface area (TPSA) is 51.8 Å². The van der Waals surface area contributed by atoms with E-state index in [4.69, 9.17) is 22.1 Å². The highest BCUT2D eigenvalue weighted by atomic mass is 16.3. The predicted octanol–water partition coefficient (Wildman–Crippen LogP) is 11.8.